The standard InChI is InChI=1S/C19H14Cl2N2O2/c1-13(11-23-9-8-22-12-23)15-4-2-3-5-18(15)25-19(24)14-6-7-16(20)17(21)10-14/h2-10,12H,1,11H2. The molecule has 0 aliphatic carbocycles. The van der Waals surface area contributed by atoms with Crippen molar-refractivity contribution >= 4 is 34.7 Å². The lowest BCUT2D eigenvalue weighted by molar-refractivity contribution is 0.0734. The molecule has 0 N–H and O–H groups in total. The molecule has 1 aromatic heterocycles. The Morgan fingerprint density at radius 3 is 2.68 bits per heavy atom. The lowest BCUT2D eigenvalue weighted by atomic mass is 10.1. The number of ether oxygens (including phenoxy) is 1. The molecule has 0 saturated carbocycles. The summed E-state index contributed by atoms with van der Waals surface area (Å²) in [5.41, 5.74) is 1.88. The third-order valence-corrected chi connectivity index (χ3v) is 4.30. The van der Waals surface area contributed by atoms with Gasteiger partial charge in [-0.05, 0) is 29.8 Å². The van der Waals surface area contributed by atoms with Gasteiger partial charge in [-0.3, -0.25) is 0 Å². The molecule has 0 aliphatic heterocycles. The lowest BCUT2D eigenvalue weighted by Crippen LogP contribution is -2.10. The molecule has 0 unspecified atom stereocenters. The average molecular weight is 373 g/mol. The zero-order chi connectivity index (χ0) is 17.8. The number of carbonyl (C=O) groups is 1. The Kier molecular flexibility index (Phi) is 5.22. The summed E-state index contributed by atoms with van der Waals surface area (Å²) in [6.07, 6.45) is 5.24. The number of aromatic nitrogens is 2. The van der Waals surface area contributed by atoms with Crippen molar-refractivity contribution < 1.29 is 9.53 Å². The second-order valence-corrected chi connectivity index (χ2v) is 6.17. The highest BCUT2D eigenvalue weighted by Crippen LogP contribution is 2.28. The number of benzene rings is 2. The maximum atomic E-state index is 12.4. The van der Waals surface area contributed by atoms with E-state index in [1.807, 2.05) is 22.9 Å². The van der Waals surface area contributed by atoms with Gasteiger partial charge in [-0.15, -0.1) is 0 Å². The lowest BCUT2D eigenvalue weighted by Gasteiger charge is -2.13. The minimum Gasteiger partial charge on any atom is -0.422 e. The fraction of sp³-hybridized carbons (Fsp3) is 0.0526. The number of imidazole rings is 1. The zero-order valence-electron chi connectivity index (χ0n) is 13.2. The van der Waals surface area contributed by atoms with Gasteiger partial charge in [-0.1, -0.05) is 48.0 Å². The fourth-order valence-corrected chi connectivity index (χ4v) is 2.61. The van der Waals surface area contributed by atoms with Crippen molar-refractivity contribution in [1.82, 2.24) is 9.55 Å². The Bertz CT molecular complexity index is 921. The van der Waals surface area contributed by atoms with Crippen LogP contribution in [0.4, 0.5) is 0 Å². The maximum absolute atomic E-state index is 12.4. The van der Waals surface area contributed by atoms with Crippen molar-refractivity contribution in [1.29, 1.82) is 0 Å². The van der Waals surface area contributed by atoms with Crippen LogP contribution in [-0.2, 0) is 6.54 Å². The molecule has 0 fully saturated rings. The summed E-state index contributed by atoms with van der Waals surface area (Å²) in [5.74, 6) is -0.0786. The third kappa shape index (κ3) is 4.10. The van der Waals surface area contributed by atoms with E-state index in [1.54, 1.807) is 36.8 Å². The molecule has 4 nitrogen and oxygen atoms in total. The fourth-order valence-electron chi connectivity index (χ4n) is 2.32. The third-order valence-electron chi connectivity index (χ3n) is 3.56. The van der Waals surface area contributed by atoms with E-state index >= 15 is 0 Å². The molecule has 1 heterocycles. The number of nitrogens with zero attached hydrogens (tertiary/aromatic N) is 2. The van der Waals surface area contributed by atoms with Gasteiger partial charge in [0.1, 0.15) is 5.75 Å². The molecule has 0 atom stereocenters. The van der Waals surface area contributed by atoms with Gasteiger partial charge in [0.05, 0.1) is 21.9 Å². The number of carbonyl (C=O) groups excluding carboxylic acids is 1. The normalized spacial score (nSPS) is 10.5. The van der Waals surface area contributed by atoms with Crippen molar-refractivity contribution in [3.05, 3.63) is 88.9 Å². The van der Waals surface area contributed by atoms with Gasteiger partial charge >= 0.3 is 5.97 Å². The van der Waals surface area contributed by atoms with E-state index in [-0.39, 0.29) is 0 Å². The maximum Gasteiger partial charge on any atom is 0.343 e. The molecular weight excluding hydrogens is 359 g/mol. The summed E-state index contributed by atoms with van der Waals surface area (Å²) >= 11 is 11.8. The van der Waals surface area contributed by atoms with Crippen LogP contribution in [-0.4, -0.2) is 15.5 Å². The molecule has 0 bridgehead atoms. The minimum absolute atomic E-state index is 0.300. The second-order valence-electron chi connectivity index (χ2n) is 5.35. The van der Waals surface area contributed by atoms with Gasteiger partial charge in [0.25, 0.3) is 0 Å². The first-order chi connectivity index (χ1) is 12.0. The summed E-state index contributed by atoms with van der Waals surface area (Å²) in [6, 6.07) is 11.9. The van der Waals surface area contributed by atoms with Crippen LogP contribution >= 0.6 is 23.2 Å². The van der Waals surface area contributed by atoms with Crippen LogP contribution in [0.3, 0.4) is 0 Å². The van der Waals surface area contributed by atoms with E-state index in [9.17, 15) is 4.79 Å². The Hall–Kier alpha value is -2.56. The van der Waals surface area contributed by atoms with Gasteiger partial charge in [0.15, 0.2) is 0 Å². The van der Waals surface area contributed by atoms with Crippen molar-refractivity contribution in [3.63, 3.8) is 0 Å². The van der Waals surface area contributed by atoms with E-state index < -0.39 is 5.97 Å². The molecule has 25 heavy (non-hydrogen) atoms. The summed E-state index contributed by atoms with van der Waals surface area (Å²) in [6.45, 7) is 4.63. The molecule has 0 aliphatic rings. The topological polar surface area (TPSA) is 44.1 Å². The largest absolute Gasteiger partial charge is 0.422 e. The quantitative estimate of drug-likeness (QED) is 0.460. The van der Waals surface area contributed by atoms with Crippen LogP contribution < -0.4 is 4.74 Å². The number of halogens is 2. The molecule has 3 rings (SSSR count). The molecule has 0 radical (unpaired) electrons. The van der Waals surface area contributed by atoms with Gasteiger partial charge in [-0.2, -0.15) is 0 Å². The van der Waals surface area contributed by atoms with Gasteiger partial charge in [0.2, 0.25) is 0 Å². The van der Waals surface area contributed by atoms with Gasteiger partial charge in [-0.25, -0.2) is 9.78 Å². The number of para-hydroxylation sites is 1. The monoisotopic (exact) mass is 372 g/mol. The van der Waals surface area contributed by atoms with E-state index in [4.69, 9.17) is 27.9 Å². The van der Waals surface area contributed by atoms with E-state index in [0.29, 0.717) is 27.9 Å². The van der Waals surface area contributed by atoms with E-state index in [1.165, 1.54) is 6.07 Å². The summed E-state index contributed by atoms with van der Waals surface area (Å²) < 4.78 is 7.43. The molecule has 126 valence electrons. The van der Waals surface area contributed by atoms with Crippen molar-refractivity contribution in [2.24, 2.45) is 0 Å². The van der Waals surface area contributed by atoms with Crippen molar-refractivity contribution in [2.45, 2.75) is 6.54 Å². The highest BCUT2D eigenvalue weighted by Gasteiger charge is 2.14. The molecule has 0 spiro atoms. The van der Waals surface area contributed by atoms with Crippen molar-refractivity contribution in [2.75, 3.05) is 0 Å². The first kappa shape index (κ1) is 17.3. The average Bonchev–Trinajstić information content (AvgIpc) is 3.10. The van der Waals surface area contributed by atoms with Crippen LogP contribution in [0.1, 0.15) is 15.9 Å². The highest BCUT2D eigenvalue weighted by molar-refractivity contribution is 6.42. The highest BCUT2D eigenvalue weighted by atomic mass is 35.5. The van der Waals surface area contributed by atoms with Crippen LogP contribution in [0.15, 0.2) is 67.8 Å². The number of allylic oxidation sites excluding steroid dienone is 1. The number of rotatable bonds is 5. The van der Waals surface area contributed by atoms with Crippen LogP contribution in [0.2, 0.25) is 10.0 Å². The summed E-state index contributed by atoms with van der Waals surface area (Å²) in [7, 11) is 0. The molecule has 2 aromatic carbocycles. The molecular formula is C19H14Cl2N2O2. The Labute approximate surface area is 155 Å². The molecule has 6 heteroatoms. The number of hydrogen-bond acceptors (Lipinski definition) is 3. The van der Waals surface area contributed by atoms with Crippen molar-refractivity contribution in [3.8, 4) is 5.75 Å². The summed E-state index contributed by atoms with van der Waals surface area (Å²) in [4.78, 5) is 16.4. The second kappa shape index (κ2) is 7.55. The predicted molar refractivity (Wildman–Crippen MR) is 99.1 cm³/mol. The SMILES string of the molecule is C=C(Cn1ccnc1)c1ccccc1OC(=O)c1ccc(Cl)c(Cl)c1. The van der Waals surface area contributed by atoms with Crippen LogP contribution in [0, 0.1) is 0 Å². The molecule has 0 saturated heterocycles. The minimum atomic E-state index is -0.513. The number of hydrogen-bond donors (Lipinski definition) is 0. The Balaban J connectivity index is 1.81. The van der Waals surface area contributed by atoms with Gasteiger partial charge in [0, 0.05) is 24.5 Å². The first-order valence-electron chi connectivity index (χ1n) is 7.45. The zero-order valence-corrected chi connectivity index (χ0v) is 14.7. The van der Waals surface area contributed by atoms with E-state index in [0.717, 1.165) is 11.1 Å². The van der Waals surface area contributed by atoms with E-state index in [2.05, 4.69) is 11.6 Å². The van der Waals surface area contributed by atoms with Gasteiger partial charge < -0.3 is 9.30 Å². The van der Waals surface area contributed by atoms with Crippen LogP contribution in [0.25, 0.3) is 5.57 Å². The Morgan fingerprint density at radius 2 is 1.96 bits per heavy atom. The Morgan fingerprint density at radius 1 is 1.16 bits per heavy atom. The predicted octanol–water partition coefficient (Wildman–Crippen LogP) is 5.12. The first-order valence-corrected chi connectivity index (χ1v) is 8.20. The molecule has 3 aromatic rings. The smallest absolute Gasteiger partial charge is 0.343 e. The number of esters is 1. The summed E-state index contributed by atoms with van der Waals surface area (Å²) in [5, 5.41) is 0.682. The molecule has 0 amide bonds. The van der Waals surface area contributed by atoms with Crippen LogP contribution in [0.5, 0.6) is 5.75 Å².